The van der Waals surface area contributed by atoms with E-state index < -0.39 is 5.97 Å². The molecule has 1 rings (SSSR count). The van der Waals surface area contributed by atoms with Gasteiger partial charge in [0.1, 0.15) is 3.70 Å². The average Bonchev–Trinajstić information content (AvgIpc) is 1.88. The van der Waals surface area contributed by atoms with Crippen molar-refractivity contribution in [3.63, 3.8) is 0 Å². The van der Waals surface area contributed by atoms with Gasteiger partial charge >= 0.3 is 5.97 Å². The topological polar surface area (TPSA) is 50.2 Å². The summed E-state index contributed by atoms with van der Waals surface area (Å²) in [6.45, 7) is 0. The fraction of sp³-hybridized carbons (Fsp3) is 0. The molecule has 0 aliphatic carbocycles. The molecule has 0 amide bonds. The molecular formula is C6H4INO2. The van der Waals surface area contributed by atoms with Gasteiger partial charge in [0.25, 0.3) is 0 Å². The molecule has 52 valence electrons. The van der Waals surface area contributed by atoms with Crippen molar-refractivity contribution in [3.05, 3.63) is 27.6 Å². The van der Waals surface area contributed by atoms with Gasteiger partial charge in [-0.05, 0) is 34.7 Å². The molecule has 0 saturated carbocycles. The zero-order chi connectivity index (χ0) is 7.56. The minimum atomic E-state index is -0.933. The summed E-state index contributed by atoms with van der Waals surface area (Å²) in [5.74, 6) is -0.933. The van der Waals surface area contributed by atoms with Crippen LogP contribution < -0.4 is 0 Å². The van der Waals surface area contributed by atoms with Gasteiger partial charge in [-0.25, -0.2) is 9.78 Å². The molecule has 0 bridgehead atoms. The maximum atomic E-state index is 10.4. The van der Waals surface area contributed by atoms with Crippen LogP contribution >= 0.6 is 22.6 Å². The molecule has 0 fully saturated rings. The van der Waals surface area contributed by atoms with Gasteiger partial charge in [-0.3, -0.25) is 0 Å². The molecule has 0 atom stereocenters. The Bertz CT molecular complexity index is 262. The summed E-state index contributed by atoms with van der Waals surface area (Å²) in [6.07, 6.45) is 1.56. The molecule has 1 heterocycles. The van der Waals surface area contributed by atoms with E-state index in [1.165, 1.54) is 6.07 Å². The molecule has 0 radical (unpaired) electrons. The fourth-order valence-corrected chi connectivity index (χ4v) is 1.12. The molecule has 0 saturated heterocycles. The number of pyridine rings is 1. The number of aromatic carboxylic acids is 1. The fourth-order valence-electron chi connectivity index (χ4n) is 0.546. The number of carboxylic acid groups (broad SMARTS) is 1. The Labute approximate surface area is 71.2 Å². The van der Waals surface area contributed by atoms with Gasteiger partial charge in [0.15, 0.2) is 0 Å². The van der Waals surface area contributed by atoms with Gasteiger partial charge in [0.2, 0.25) is 0 Å². The molecule has 0 unspecified atom stereocenters. The lowest BCUT2D eigenvalue weighted by Crippen LogP contribution is -2.00. The molecule has 1 N–H and O–H groups in total. The minimum Gasteiger partial charge on any atom is -0.478 e. The largest absolute Gasteiger partial charge is 0.478 e. The third kappa shape index (κ3) is 1.44. The van der Waals surface area contributed by atoms with Crippen LogP contribution in [0.1, 0.15) is 10.4 Å². The number of aromatic nitrogens is 1. The third-order valence-electron chi connectivity index (χ3n) is 0.989. The van der Waals surface area contributed by atoms with Crippen LogP contribution in [0.2, 0.25) is 0 Å². The van der Waals surface area contributed by atoms with Crippen LogP contribution in [0.25, 0.3) is 0 Å². The zero-order valence-electron chi connectivity index (χ0n) is 4.91. The Morgan fingerprint density at radius 1 is 1.70 bits per heavy atom. The SMILES string of the molecule is O=C(O)c1cccnc1I. The smallest absolute Gasteiger partial charge is 0.338 e. The first kappa shape index (κ1) is 7.46. The Balaban J connectivity index is 3.15. The number of hydrogen-bond donors (Lipinski definition) is 1. The molecule has 0 aromatic carbocycles. The van der Waals surface area contributed by atoms with Crippen LogP contribution in [-0.2, 0) is 0 Å². The first-order chi connectivity index (χ1) is 4.72. The summed E-state index contributed by atoms with van der Waals surface area (Å²) < 4.78 is 0.521. The highest BCUT2D eigenvalue weighted by molar-refractivity contribution is 14.1. The van der Waals surface area contributed by atoms with E-state index in [-0.39, 0.29) is 5.56 Å². The number of halogens is 1. The van der Waals surface area contributed by atoms with Gasteiger partial charge in [-0.2, -0.15) is 0 Å². The number of hydrogen-bond acceptors (Lipinski definition) is 2. The van der Waals surface area contributed by atoms with Gasteiger partial charge in [-0.1, -0.05) is 0 Å². The summed E-state index contributed by atoms with van der Waals surface area (Å²) in [4.78, 5) is 14.2. The minimum absolute atomic E-state index is 0.253. The van der Waals surface area contributed by atoms with Crippen LogP contribution in [0, 0.1) is 3.70 Å². The van der Waals surface area contributed by atoms with E-state index in [4.69, 9.17) is 5.11 Å². The van der Waals surface area contributed by atoms with Crippen molar-refractivity contribution in [1.29, 1.82) is 0 Å². The predicted octanol–water partition coefficient (Wildman–Crippen LogP) is 1.38. The van der Waals surface area contributed by atoms with Crippen molar-refractivity contribution in [3.8, 4) is 0 Å². The summed E-state index contributed by atoms with van der Waals surface area (Å²) in [5, 5.41) is 8.52. The Hall–Kier alpha value is -0.650. The van der Waals surface area contributed by atoms with Gasteiger partial charge in [-0.15, -0.1) is 0 Å². The summed E-state index contributed by atoms with van der Waals surface area (Å²) in [5.41, 5.74) is 0.253. The molecule has 1 aromatic heterocycles. The average molecular weight is 249 g/mol. The van der Waals surface area contributed by atoms with E-state index in [9.17, 15) is 4.79 Å². The molecule has 1 aromatic rings. The highest BCUT2D eigenvalue weighted by atomic mass is 127. The van der Waals surface area contributed by atoms with Gasteiger partial charge in [0, 0.05) is 6.20 Å². The highest BCUT2D eigenvalue weighted by Gasteiger charge is 2.05. The molecular weight excluding hydrogens is 245 g/mol. The van der Waals surface area contributed by atoms with Crippen LogP contribution in [0.15, 0.2) is 18.3 Å². The molecule has 10 heavy (non-hydrogen) atoms. The lowest BCUT2D eigenvalue weighted by molar-refractivity contribution is 0.0695. The van der Waals surface area contributed by atoms with E-state index in [1.54, 1.807) is 12.3 Å². The molecule has 0 aliphatic heterocycles. The van der Waals surface area contributed by atoms with E-state index >= 15 is 0 Å². The standard InChI is InChI=1S/C6H4INO2/c7-5-4(6(9)10)2-1-3-8-5/h1-3H,(H,9,10). The second kappa shape index (κ2) is 2.96. The van der Waals surface area contributed by atoms with Crippen LogP contribution in [0.4, 0.5) is 0 Å². The first-order valence-electron chi connectivity index (χ1n) is 2.55. The molecule has 4 heteroatoms. The second-order valence-electron chi connectivity index (χ2n) is 1.65. The van der Waals surface area contributed by atoms with Crippen molar-refractivity contribution in [2.75, 3.05) is 0 Å². The number of nitrogens with zero attached hydrogens (tertiary/aromatic N) is 1. The van der Waals surface area contributed by atoms with Crippen molar-refractivity contribution >= 4 is 28.6 Å². The van der Waals surface area contributed by atoms with E-state index in [2.05, 4.69) is 4.98 Å². The van der Waals surface area contributed by atoms with Crippen molar-refractivity contribution in [2.45, 2.75) is 0 Å². The van der Waals surface area contributed by atoms with E-state index in [0.717, 1.165) is 0 Å². The zero-order valence-corrected chi connectivity index (χ0v) is 7.07. The maximum absolute atomic E-state index is 10.4. The summed E-state index contributed by atoms with van der Waals surface area (Å²) in [7, 11) is 0. The quantitative estimate of drug-likeness (QED) is 0.604. The lowest BCUT2D eigenvalue weighted by Gasteiger charge is -1.93. The van der Waals surface area contributed by atoms with Crippen molar-refractivity contribution in [1.82, 2.24) is 4.98 Å². The highest BCUT2D eigenvalue weighted by Crippen LogP contribution is 2.06. The number of rotatable bonds is 1. The monoisotopic (exact) mass is 249 g/mol. The number of carbonyl (C=O) groups is 1. The molecule has 0 spiro atoms. The van der Waals surface area contributed by atoms with Crippen LogP contribution in [0.3, 0.4) is 0 Å². The second-order valence-corrected chi connectivity index (χ2v) is 2.67. The number of carboxylic acids is 1. The predicted molar refractivity (Wildman–Crippen MR) is 43.9 cm³/mol. The molecule has 0 aliphatic rings. The summed E-state index contributed by atoms with van der Waals surface area (Å²) >= 11 is 1.88. The third-order valence-corrected chi connectivity index (χ3v) is 1.85. The normalized spacial score (nSPS) is 9.30. The summed E-state index contributed by atoms with van der Waals surface area (Å²) in [6, 6.07) is 3.13. The van der Waals surface area contributed by atoms with Gasteiger partial charge in [0.05, 0.1) is 5.56 Å². The van der Waals surface area contributed by atoms with E-state index in [1.807, 2.05) is 22.6 Å². The van der Waals surface area contributed by atoms with Crippen molar-refractivity contribution in [2.24, 2.45) is 0 Å². The van der Waals surface area contributed by atoms with Gasteiger partial charge < -0.3 is 5.11 Å². The van der Waals surface area contributed by atoms with Crippen LogP contribution in [0.5, 0.6) is 0 Å². The van der Waals surface area contributed by atoms with Crippen LogP contribution in [-0.4, -0.2) is 16.1 Å². The Kier molecular flexibility index (Phi) is 2.21. The first-order valence-corrected chi connectivity index (χ1v) is 3.63. The van der Waals surface area contributed by atoms with Crippen molar-refractivity contribution < 1.29 is 9.90 Å². The lowest BCUT2D eigenvalue weighted by atomic mass is 10.3. The maximum Gasteiger partial charge on any atom is 0.338 e. The Morgan fingerprint density at radius 2 is 2.40 bits per heavy atom. The molecule has 3 nitrogen and oxygen atoms in total. The Morgan fingerprint density at radius 3 is 2.80 bits per heavy atom. The van der Waals surface area contributed by atoms with E-state index in [0.29, 0.717) is 3.70 Å².